The lowest BCUT2D eigenvalue weighted by Crippen LogP contribution is -2.38. The first-order valence-electron chi connectivity index (χ1n) is 9.38. The van der Waals surface area contributed by atoms with Crippen LogP contribution in [0.3, 0.4) is 0 Å². The van der Waals surface area contributed by atoms with E-state index in [4.69, 9.17) is 4.74 Å². The number of imide groups is 1. The number of hydrogen-bond donors (Lipinski definition) is 2. The van der Waals surface area contributed by atoms with Crippen molar-refractivity contribution < 1.29 is 14.3 Å². The minimum absolute atomic E-state index is 0.264. The second-order valence-corrected chi connectivity index (χ2v) is 7.18. The third-order valence-electron chi connectivity index (χ3n) is 4.84. The van der Waals surface area contributed by atoms with E-state index >= 15 is 0 Å². The number of rotatable bonds is 6. The Hall–Kier alpha value is -3.48. The number of amides is 3. The summed E-state index contributed by atoms with van der Waals surface area (Å²) in [5.74, 6) is 1.23. The van der Waals surface area contributed by atoms with Gasteiger partial charge < -0.3 is 4.74 Å². The van der Waals surface area contributed by atoms with Gasteiger partial charge in [0.2, 0.25) is 5.91 Å². The zero-order valence-corrected chi connectivity index (χ0v) is 16.8. The van der Waals surface area contributed by atoms with E-state index < -0.39 is 11.4 Å². The first kappa shape index (κ1) is 20.3. The Morgan fingerprint density at radius 2 is 2.03 bits per heavy atom. The first-order valence-corrected chi connectivity index (χ1v) is 9.38. The van der Waals surface area contributed by atoms with Crippen molar-refractivity contribution in [3.8, 4) is 11.5 Å². The monoisotopic (exact) mass is 392 g/mol. The number of nitrogens with one attached hydrogen (secondary N) is 2. The van der Waals surface area contributed by atoms with Crippen LogP contribution < -0.4 is 15.4 Å². The summed E-state index contributed by atoms with van der Waals surface area (Å²) in [7, 11) is 0. The van der Waals surface area contributed by atoms with Gasteiger partial charge in [-0.15, -0.1) is 0 Å². The second-order valence-electron chi connectivity index (χ2n) is 7.18. The zero-order chi connectivity index (χ0) is 21.0. The number of nitrogens with zero attached hydrogens (tertiary/aromatic N) is 2. The molecule has 0 aliphatic heterocycles. The minimum atomic E-state index is -0.592. The molecule has 2 N–H and O–H groups in total. The molecular formula is C22H24N4O3. The molecule has 3 rings (SSSR count). The minimum Gasteiger partial charge on any atom is -0.455 e. The molecule has 1 aliphatic carbocycles. The third kappa shape index (κ3) is 4.87. The van der Waals surface area contributed by atoms with Crippen LogP contribution in [0.2, 0.25) is 0 Å². The van der Waals surface area contributed by atoms with Crippen molar-refractivity contribution in [1.82, 2.24) is 15.3 Å². The van der Waals surface area contributed by atoms with Gasteiger partial charge in [-0.25, -0.2) is 9.78 Å². The molecule has 0 radical (unpaired) electrons. The van der Waals surface area contributed by atoms with Crippen LogP contribution in [0.4, 0.5) is 10.6 Å². The van der Waals surface area contributed by atoms with Gasteiger partial charge in [0.25, 0.3) is 0 Å². The van der Waals surface area contributed by atoms with Crippen LogP contribution in [0.25, 0.3) is 5.57 Å². The van der Waals surface area contributed by atoms with Gasteiger partial charge in [-0.3, -0.25) is 20.4 Å². The van der Waals surface area contributed by atoms with Crippen LogP contribution in [0.5, 0.6) is 11.5 Å². The number of aromatic nitrogens is 2. The Kier molecular flexibility index (Phi) is 5.77. The number of carbonyl (C=O) groups excluding carboxylic acids is 2. The highest BCUT2D eigenvalue weighted by Gasteiger charge is 2.45. The van der Waals surface area contributed by atoms with E-state index in [1.807, 2.05) is 26.0 Å². The Morgan fingerprint density at radius 1 is 1.28 bits per heavy atom. The Bertz CT molecular complexity index is 993. The number of aryl methyl sites for hydroxylation is 1. The summed E-state index contributed by atoms with van der Waals surface area (Å²) in [5, 5.41) is 4.93. The first-order chi connectivity index (χ1) is 13.8. The average molecular weight is 392 g/mol. The smallest absolute Gasteiger partial charge is 0.327 e. The molecule has 7 heteroatoms. The van der Waals surface area contributed by atoms with Crippen molar-refractivity contribution in [1.29, 1.82) is 0 Å². The van der Waals surface area contributed by atoms with Gasteiger partial charge in [0.1, 0.15) is 17.3 Å². The van der Waals surface area contributed by atoms with Gasteiger partial charge in [0.15, 0.2) is 0 Å². The van der Waals surface area contributed by atoms with Gasteiger partial charge in [-0.1, -0.05) is 25.7 Å². The number of ether oxygens (including phenoxy) is 1. The molecule has 2 aromatic rings. The van der Waals surface area contributed by atoms with Crippen molar-refractivity contribution in [3.63, 3.8) is 0 Å². The van der Waals surface area contributed by atoms with Crippen molar-refractivity contribution in [2.24, 2.45) is 5.41 Å². The van der Waals surface area contributed by atoms with E-state index in [2.05, 4.69) is 27.2 Å². The molecule has 150 valence electrons. The number of hydrogen-bond acceptors (Lipinski definition) is 5. The second kappa shape index (κ2) is 8.26. The number of anilines is 1. The summed E-state index contributed by atoms with van der Waals surface area (Å²) >= 11 is 0. The van der Waals surface area contributed by atoms with Crippen molar-refractivity contribution in [2.45, 2.75) is 33.6 Å². The molecule has 0 spiro atoms. The van der Waals surface area contributed by atoms with Crippen LogP contribution in [-0.4, -0.2) is 21.9 Å². The van der Waals surface area contributed by atoms with E-state index in [1.165, 1.54) is 0 Å². The molecule has 7 nitrogen and oxygen atoms in total. The van der Waals surface area contributed by atoms with Crippen LogP contribution in [-0.2, 0) is 4.79 Å². The lowest BCUT2D eigenvalue weighted by Gasteiger charge is -2.12. The molecule has 0 unspecified atom stereocenters. The van der Waals surface area contributed by atoms with Gasteiger partial charge >= 0.3 is 6.03 Å². The van der Waals surface area contributed by atoms with Gasteiger partial charge in [-0.2, -0.15) is 0 Å². The Labute approximate surface area is 169 Å². The highest BCUT2D eigenvalue weighted by molar-refractivity contribution is 6.03. The molecule has 0 aromatic carbocycles. The molecule has 3 amide bonds. The maximum atomic E-state index is 12.0. The molecule has 0 atom stereocenters. The highest BCUT2D eigenvalue weighted by atomic mass is 16.5. The summed E-state index contributed by atoms with van der Waals surface area (Å²) in [6.07, 6.45) is 6.92. The van der Waals surface area contributed by atoms with Crippen molar-refractivity contribution in [2.75, 3.05) is 5.32 Å². The molecule has 2 aromatic heterocycles. The average Bonchev–Trinajstić information content (AvgIpc) is 3.44. The normalized spacial score (nSPS) is 14.7. The molecular weight excluding hydrogens is 368 g/mol. The molecule has 1 fully saturated rings. The van der Waals surface area contributed by atoms with E-state index in [0.29, 0.717) is 23.0 Å². The van der Waals surface area contributed by atoms with E-state index in [0.717, 1.165) is 24.1 Å². The summed E-state index contributed by atoms with van der Waals surface area (Å²) in [4.78, 5) is 32.6. The SMILES string of the molecule is C=C/C(=C\C)c1cc(Oc2ccc(NC(=O)NC(=O)C3(C)CC3)nc2C)ccn1. The van der Waals surface area contributed by atoms with Gasteiger partial charge in [-0.05, 0) is 50.5 Å². The molecule has 0 saturated heterocycles. The maximum absolute atomic E-state index is 12.0. The predicted molar refractivity (Wildman–Crippen MR) is 112 cm³/mol. The fourth-order valence-electron chi connectivity index (χ4n) is 2.67. The number of pyridine rings is 2. The fraction of sp³-hybridized carbons (Fsp3) is 0.273. The number of urea groups is 1. The molecule has 1 saturated carbocycles. The lowest BCUT2D eigenvalue weighted by atomic mass is 10.1. The van der Waals surface area contributed by atoms with E-state index in [-0.39, 0.29) is 5.91 Å². The van der Waals surface area contributed by atoms with Gasteiger partial charge in [0, 0.05) is 17.7 Å². The lowest BCUT2D eigenvalue weighted by molar-refractivity contribution is -0.124. The van der Waals surface area contributed by atoms with Crippen molar-refractivity contribution in [3.05, 3.63) is 60.6 Å². The van der Waals surface area contributed by atoms with Crippen LogP contribution in [0.1, 0.15) is 38.1 Å². The molecule has 29 heavy (non-hydrogen) atoms. The Morgan fingerprint density at radius 3 is 2.66 bits per heavy atom. The van der Waals surface area contributed by atoms with Crippen LogP contribution in [0.15, 0.2) is 49.2 Å². The number of allylic oxidation sites excluding steroid dienone is 3. The standard InChI is InChI=1S/C22H24N4O3/c1-5-15(6-2)17-13-16(9-12-23-17)29-18-7-8-19(24-14(18)3)25-21(28)26-20(27)22(4)10-11-22/h5-9,12-13H,1,10-11H2,2-4H3,(H2,24,25,26,27,28)/b15-6+. The summed E-state index contributed by atoms with van der Waals surface area (Å²) in [5.41, 5.74) is 1.84. The highest BCUT2D eigenvalue weighted by Crippen LogP contribution is 2.44. The largest absolute Gasteiger partial charge is 0.455 e. The number of carbonyl (C=O) groups is 2. The summed E-state index contributed by atoms with van der Waals surface area (Å²) < 4.78 is 5.92. The third-order valence-corrected chi connectivity index (χ3v) is 4.84. The Balaban J connectivity index is 1.67. The summed E-state index contributed by atoms with van der Waals surface area (Å²) in [6, 6.07) is 6.31. The van der Waals surface area contributed by atoms with Crippen LogP contribution >= 0.6 is 0 Å². The quantitative estimate of drug-likeness (QED) is 0.700. The van der Waals surface area contributed by atoms with E-state index in [9.17, 15) is 9.59 Å². The molecule has 2 heterocycles. The fourth-order valence-corrected chi connectivity index (χ4v) is 2.67. The topological polar surface area (TPSA) is 93.2 Å². The predicted octanol–water partition coefficient (Wildman–Crippen LogP) is 4.61. The van der Waals surface area contributed by atoms with E-state index in [1.54, 1.807) is 37.4 Å². The summed E-state index contributed by atoms with van der Waals surface area (Å²) in [6.45, 7) is 9.31. The van der Waals surface area contributed by atoms with Gasteiger partial charge in [0.05, 0.1) is 11.4 Å². The van der Waals surface area contributed by atoms with Crippen molar-refractivity contribution >= 4 is 23.3 Å². The molecule has 1 aliphatic rings. The molecule has 0 bridgehead atoms. The van der Waals surface area contributed by atoms with Crippen LogP contribution in [0, 0.1) is 12.3 Å². The maximum Gasteiger partial charge on any atom is 0.327 e. The zero-order valence-electron chi connectivity index (χ0n) is 16.8.